The normalized spacial score (nSPS) is 10.9. The number of ether oxygens (including phenoxy) is 2. The van der Waals surface area contributed by atoms with Gasteiger partial charge in [-0.15, -0.1) is 71.8 Å². The van der Waals surface area contributed by atoms with E-state index < -0.39 is 0 Å². The molecule has 0 amide bonds. The second-order valence-electron chi connectivity index (χ2n) is 11.8. The Hall–Kier alpha value is -4.99. The molecule has 0 fully saturated rings. The van der Waals surface area contributed by atoms with Crippen LogP contribution in [-0.2, 0) is 41.5 Å². The fourth-order valence-corrected chi connectivity index (χ4v) is 6.16. The molecule has 9 heteroatoms. The van der Waals surface area contributed by atoms with Crippen LogP contribution in [-0.4, -0.2) is 24.5 Å². The summed E-state index contributed by atoms with van der Waals surface area (Å²) in [6, 6.07) is 44.7. The molecule has 0 saturated carbocycles. The first kappa shape index (κ1) is 36.8. The Bertz CT molecular complexity index is 2280. The van der Waals surface area contributed by atoms with Gasteiger partial charge in [-0.25, -0.2) is 9.97 Å². The minimum absolute atomic E-state index is 0. The molecule has 0 atom stereocenters. The number of rotatable bonds is 10. The molecule has 0 radical (unpaired) electrons. The summed E-state index contributed by atoms with van der Waals surface area (Å²) >= 11 is 0. The minimum atomic E-state index is 0. The molecule has 8 rings (SSSR count). The van der Waals surface area contributed by atoms with Crippen molar-refractivity contribution < 1.29 is 51.0 Å². The predicted octanol–water partition coefficient (Wildman–Crippen LogP) is 10.4. The Kier molecular flexibility index (Phi) is 11.7. The molecule has 8 aromatic rings. The fraction of sp³-hybridized carbons (Fsp3) is 0.116. The van der Waals surface area contributed by atoms with Crippen LogP contribution in [0.5, 0.6) is 23.0 Å². The van der Waals surface area contributed by atoms with Gasteiger partial charge in [-0.1, -0.05) is 61.3 Å². The van der Waals surface area contributed by atoms with Gasteiger partial charge in [0.05, 0.1) is 0 Å². The molecule has 0 aliphatic rings. The Morgan fingerprint density at radius 3 is 1.48 bits per heavy atom. The van der Waals surface area contributed by atoms with Crippen molar-refractivity contribution in [3.63, 3.8) is 0 Å². The van der Waals surface area contributed by atoms with Gasteiger partial charge in [0.2, 0.25) is 5.95 Å². The van der Waals surface area contributed by atoms with Crippen molar-refractivity contribution in [2.24, 2.45) is 0 Å². The molecule has 52 heavy (non-hydrogen) atoms. The number of fused-ring (bicyclic) bond motifs is 3. The molecule has 260 valence electrons. The summed E-state index contributed by atoms with van der Waals surface area (Å²) in [6.45, 7) is 4.38. The zero-order chi connectivity index (χ0) is 33.9. The first-order chi connectivity index (χ1) is 24.7. The number of benzene rings is 4. The number of nitrogens with zero attached hydrogens (tertiary/aromatic N) is 5. The summed E-state index contributed by atoms with van der Waals surface area (Å²) in [6.07, 6.45) is 9.43. The summed E-state index contributed by atoms with van der Waals surface area (Å²) in [5.41, 5.74) is 5.95. The van der Waals surface area contributed by atoms with Gasteiger partial charge in [-0.3, -0.25) is 0 Å². The number of hydrogen-bond donors (Lipinski definition) is 0. The third-order valence-electron chi connectivity index (χ3n) is 8.71. The Morgan fingerprint density at radius 2 is 1.04 bits per heavy atom. The quantitative estimate of drug-likeness (QED) is 0.100. The van der Waals surface area contributed by atoms with E-state index in [4.69, 9.17) is 19.4 Å². The van der Waals surface area contributed by atoms with Crippen molar-refractivity contribution in [3.05, 3.63) is 152 Å². The van der Waals surface area contributed by atoms with Gasteiger partial charge in [-0.05, 0) is 47.8 Å². The zero-order valence-electron chi connectivity index (χ0n) is 28.2. The zero-order valence-corrected chi connectivity index (χ0v) is 32.1. The summed E-state index contributed by atoms with van der Waals surface area (Å²) in [4.78, 5) is 18.6. The molecule has 0 bridgehead atoms. The molecule has 7 nitrogen and oxygen atoms in total. The largest absolute Gasteiger partial charge is 2.00 e. The molecule has 4 heterocycles. The molecule has 0 aliphatic carbocycles. The maximum atomic E-state index is 6.33. The van der Waals surface area contributed by atoms with Crippen molar-refractivity contribution in [1.82, 2.24) is 24.5 Å². The van der Waals surface area contributed by atoms with Crippen LogP contribution in [0.2, 0.25) is 0 Å². The average molecular weight is 951 g/mol. The van der Waals surface area contributed by atoms with E-state index in [0.717, 1.165) is 62.7 Å². The smallest absolute Gasteiger partial charge is 0.503 e. The Morgan fingerprint density at radius 1 is 0.558 bits per heavy atom. The van der Waals surface area contributed by atoms with E-state index >= 15 is 0 Å². The van der Waals surface area contributed by atoms with Crippen molar-refractivity contribution in [3.8, 4) is 51.5 Å². The van der Waals surface area contributed by atoms with E-state index in [0.29, 0.717) is 34.9 Å². The molecular weight excluding hydrogens is 920 g/mol. The van der Waals surface area contributed by atoms with E-state index in [1.807, 2.05) is 114 Å². The first-order valence-corrected chi connectivity index (χ1v) is 16.6. The number of aromatic nitrogens is 5. The van der Waals surface area contributed by atoms with Crippen LogP contribution in [0.1, 0.15) is 38.2 Å². The molecular formula is C43H31N5O2PdPt. The predicted molar refractivity (Wildman–Crippen MR) is 195 cm³/mol. The second kappa shape index (κ2) is 16.6. The van der Waals surface area contributed by atoms with Gasteiger partial charge >= 0.3 is 41.5 Å². The van der Waals surface area contributed by atoms with Crippen LogP contribution >= 0.6 is 0 Å². The van der Waals surface area contributed by atoms with Gasteiger partial charge in [0.1, 0.15) is 0 Å². The summed E-state index contributed by atoms with van der Waals surface area (Å²) in [5.74, 6) is 3.08. The first-order valence-electron chi connectivity index (χ1n) is 16.6. The van der Waals surface area contributed by atoms with Gasteiger partial charge in [0.15, 0.2) is 0 Å². The maximum Gasteiger partial charge on any atom is 2.00 e. The number of hydrogen-bond acceptors (Lipinski definition) is 6. The standard InChI is InChI=1S/C43H31N5O2.Pd.Pt/c1-3-29(4-2)32-27-46-43(47-28-32)48-41-25-35(49-33-13-9-11-30(23-33)39-15-5-7-21-44-39)17-19-37(41)38-20-18-36(26-42(38)48)50-34-14-10-12-31(24-34)40-16-6-8-22-45-40;;/h5-22,27-29H,3-4H2,1-2H3;;/q-4;2*+2. The number of pyridine rings is 2. The van der Waals surface area contributed by atoms with Crippen LogP contribution in [0.15, 0.2) is 122 Å². The van der Waals surface area contributed by atoms with E-state index in [1.54, 1.807) is 12.4 Å². The van der Waals surface area contributed by atoms with Crippen molar-refractivity contribution in [2.75, 3.05) is 0 Å². The average Bonchev–Trinajstić information content (AvgIpc) is 3.49. The van der Waals surface area contributed by atoms with Crippen molar-refractivity contribution in [2.45, 2.75) is 32.6 Å². The van der Waals surface area contributed by atoms with E-state index in [-0.39, 0.29) is 41.5 Å². The molecule has 0 saturated heterocycles. The second-order valence-corrected chi connectivity index (χ2v) is 11.8. The minimum Gasteiger partial charge on any atom is -0.503 e. The molecule has 4 aromatic heterocycles. The molecule has 0 unspecified atom stereocenters. The third kappa shape index (κ3) is 7.61. The van der Waals surface area contributed by atoms with E-state index in [1.165, 1.54) is 0 Å². The SMILES string of the molecule is CCC(CC)c1cnc(-n2c3[c-]c(Oc4[c-]c(-c5ccccn5)ccc4)ccc3c3ccc(Oc4[c-]c(-c5ccccn5)ccc4)[c-]c32)nc1.[Pd+2].[Pt+2]. The summed E-state index contributed by atoms with van der Waals surface area (Å²) in [5, 5.41) is 1.91. The molecule has 0 spiro atoms. The molecule has 0 N–H and O–H groups in total. The van der Waals surface area contributed by atoms with E-state index in [9.17, 15) is 0 Å². The monoisotopic (exact) mass is 950 g/mol. The fourth-order valence-electron chi connectivity index (χ4n) is 6.16. The molecule has 4 aromatic carbocycles. The van der Waals surface area contributed by atoms with Crippen LogP contribution in [0.3, 0.4) is 0 Å². The Balaban J connectivity index is 0.00000232. The summed E-state index contributed by atoms with van der Waals surface area (Å²) in [7, 11) is 0. The summed E-state index contributed by atoms with van der Waals surface area (Å²) < 4.78 is 14.6. The van der Waals surface area contributed by atoms with Gasteiger partial charge < -0.3 is 24.0 Å². The van der Waals surface area contributed by atoms with Crippen molar-refractivity contribution in [1.29, 1.82) is 0 Å². The van der Waals surface area contributed by atoms with Crippen LogP contribution in [0, 0.1) is 24.3 Å². The maximum absolute atomic E-state index is 6.33. The molecule has 0 aliphatic heterocycles. The third-order valence-corrected chi connectivity index (χ3v) is 8.71. The van der Waals surface area contributed by atoms with E-state index in [2.05, 4.69) is 48.1 Å². The van der Waals surface area contributed by atoms with Gasteiger partial charge in [0.25, 0.3) is 0 Å². The van der Waals surface area contributed by atoms with Gasteiger partial charge in [0, 0.05) is 47.8 Å². The topological polar surface area (TPSA) is 75.0 Å². The van der Waals surface area contributed by atoms with Crippen LogP contribution in [0.4, 0.5) is 0 Å². The van der Waals surface area contributed by atoms with Crippen LogP contribution < -0.4 is 9.47 Å². The van der Waals surface area contributed by atoms with Crippen molar-refractivity contribution >= 4 is 21.8 Å². The Labute approximate surface area is 331 Å². The van der Waals surface area contributed by atoms with Crippen LogP contribution in [0.25, 0.3) is 50.3 Å². The van der Waals surface area contributed by atoms with Gasteiger partial charge in [-0.2, -0.15) is 22.9 Å².